The zero-order valence-corrected chi connectivity index (χ0v) is 32.0. The number of hydrogen-bond acceptors (Lipinski definition) is 13. The van der Waals surface area contributed by atoms with E-state index < -0.39 is 77.0 Å². The number of nitrogens with zero attached hydrogens (tertiary/aromatic N) is 1. The molecular weight excluding hydrogens is 750 g/mol. The maximum Gasteiger partial charge on any atom is 0.348 e. The van der Waals surface area contributed by atoms with E-state index in [1.807, 2.05) is 60.7 Å². The number of aliphatic hydroxyl groups excluding tert-OH is 1. The van der Waals surface area contributed by atoms with Crippen molar-refractivity contribution in [3.8, 4) is 0 Å². The van der Waals surface area contributed by atoms with Gasteiger partial charge in [0.25, 0.3) is 0 Å². The molecule has 5 aliphatic rings. The summed E-state index contributed by atoms with van der Waals surface area (Å²) in [4.78, 5) is 73.3. The topological polar surface area (TPSA) is 188 Å². The van der Waals surface area contributed by atoms with Crippen molar-refractivity contribution in [1.29, 1.82) is 0 Å². The van der Waals surface area contributed by atoms with Gasteiger partial charge in [-0.3, -0.25) is 19.2 Å². The van der Waals surface area contributed by atoms with E-state index in [2.05, 4.69) is 10.6 Å². The third kappa shape index (κ3) is 6.96. The standard InChI is InChI=1S/C43H45N3O12/c1-41(2)25-53-39(51)37(41)55-32(49)18-17-26-11-9-10-12-27(26)24-46-35-38(50)54-30-23-42(35,40(52)45-20-19-31(48)44-21-22-47)36(58-46)34-33(30)56-43(57-34,28-13-5-3-6-14-28)29-15-7-4-8-16-29/h3-18,30,33-37,47H,19-25H2,1-2H3,(H,44,48)(H,45,52)/t30-,33-,34-,35-,36+,37-,42-/m0/s1. The molecule has 4 aliphatic heterocycles. The van der Waals surface area contributed by atoms with Crippen LogP contribution >= 0.6 is 0 Å². The minimum atomic E-state index is -1.53. The zero-order chi connectivity index (χ0) is 40.7. The highest BCUT2D eigenvalue weighted by Gasteiger charge is 2.76. The number of rotatable bonds is 13. The number of nitrogens with one attached hydrogen (secondary N) is 2. The van der Waals surface area contributed by atoms with E-state index in [-0.39, 0.29) is 51.6 Å². The maximum atomic E-state index is 14.7. The van der Waals surface area contributed by atoms with Gasteiger partial charge in [0, 0.05) is 48.5 Å². The summed E-state index contributed by atoms with van der Waals surface area (Å²) in [5.74, 6) is -4.33. The van der Waals surface area contributed by atoms with Crippen molar-refractivity contribution in [2.24, 2.45) is 10.8 Å². The number of fused-ring (bicyclic) bond motifs is 4. The fourth-order valence-electron chi connectivity index (χ4n) is 8.68. The quantitative estimate of drug-likeness (QED) is 0.130. The van der Waals surface area contributed by atoms with Crippen LogP contribution in [0.1, 0.15) is 48.9 Å². The normalized spacial score (nSPS) is 29.0. The Morgan fingerprint density at radius 2 is 1.55 bits per heavy atom. The molecule has 4 heterocycles. The van der Waals surface area contributed by atoms with Crippen LogP contribution in [0.25, 0.3) is 6.08 Å². The van der Waals surface area contributed by atoms with Gasteiger partial charge in [-0.05, 0) is 17.2 Å². The molecule has 15 heteroatoms. The second kappa shape index (κ2) is 15.7. The molecule has 2 amide bonds. The van der Waals surface area contributed by atoms with E-state index in [9.17, 15) is 24.0 Å². The van der Waals surface area contributed by atoms with Gasteiger partial charge in [0.1, 0.15) is 36.4 Å². The Bertz CT molecular complexity index is 2050. The highest BCUT2D eigenvalue weighted by Crippen LogP contribution is 2.59. The molecule has 3 N–H and O–H groups in total. The largest absolute Gasteiger partial charge is 0.462 e. The molecule has 0 spiro atoms. The minimum absolute atomic E-state index is 0.0160. The number of carbonyl (C=O) groups excluding carboxylic acids is 5. The number of esters is 3. The monoisotopic (exact) mass is 795 g/mol. The van der Waals surface area contributed by atoms with Gasteiger partial charge in [0.05, 0.1) is 13.2 Å². The van der Waals surface area contributed by atoms with Crippen LogP contribution in [0.15, 0.2) is 91.0 Å². The van der Waals surface area contributed by atoms with Crippen LogP contribution < -0.4 is 10.6 Å². The van der Waals surface area contributed by atoms with Gasteiger partial charge in [-0.15, -0.1) is 0 Å². The summed E-state index contributed by atoms with van der Waals surface area (Å²) >= 11 is 0. The average Bonchev–Trinajstić information content (AvgIpc) is 3.88. The number of aliphatic hydroxyl groups is 1. The Kier molecular flexibility index (Phi) is 10.7. The molecular formula is C43H45N3O12. The van der Waals surface area contributed by atoms with Crippen LogP contribution in [0.3, 0.4) is 0 Å². The molecule has 0 aromatic heterocycles. The first-order valence-electron chi connectivity index (χ1n) is 19.4. The first-order chi connectivity index (χ1) is 28.0. The number of benzene rings is 3. The molecule has 58 heavy (non-hydrogen) atoms. The Hall–Kier alpha value is -5.45. The number of carbonyl (C=O) groups is 5. The van der Waals surface area contributed by atoms with Gasteiger partial charge in [0.15, 0.2) is 6.04 Å². The molecule has 3 aromatic rings. The highest BCUT2D eigenvalue weighted by atomic mass is 16.8. The van der Waals surface area contributed by atoms with E-state index in [4.69, 9.17) is 33.6 Å². The van der Waals surface area contributed by atoms with E-state index in [1.54, 1.807) is 44.2 Å². The SMILES string of the molecule is CC1(C)COC(=O)[C@@H]1OC(=O)C=Cc1ccccc1CN1O[C@@H]2[C@H]3OC(c4ccccc4)(c4ccccc4)O[C@H]3[C@@H]3C[C@]2(C(=O)NCCC(=O)NCCO)[C@@H]1C(=O)O3. The molecule has 8 rings (SSSR count). The van der Waals surface area contributed by atoms with Crippen LogP contribution in [0.2, 0.25) is 0 Å². The molecule has 5 fully saturated rings. The number of hydroxylamine groups is 2. The summed E-state index contributed by atoms with van der Waals surface area (Å²) in [7, 11) is 0. The summed E-state index contributed by atoms with van der Waals surface area (Å²) in [5.41, 5.74) is 0.406. The third-order valence-electron chi connectivity index (χ3n) is 11.5. The van der Waals surface area contributed by atoms with Crippen molar-refractivity contribution in [3.63, 3.8) is 0 Å². The Labute approximate surface area is 334 Å². The van der Waals surface area contributed by atoms with Crippen molar-refractivity contribution < 1.29 is 57.6 Å². The summed E-state index contributed by atoms with van der Waals surface area (Å²) in [6.45, 7) is 3.48. The van der Waals surface area contributed by atoms with Gasteiger partial charge in [-0.25, -0.2) is 9.59 Å². The van der Waals surface area contributed by atoms with Crippen molar-refractivity contribution >= 4 is 35.8 Å². The van der Waals surface area contributed by atoms with Crippen molar-refractivity contribution in [1.82, 2.24) is 15.7 Å². The molecule has 1 aliphatic carbocycles. The molecule has 2 bridgehead atoms. The number of hydrogen-bond donors (Lipinski definition) is 3. The summed E-state index contributed by atoms with van der Waals surface area (Å²) in [6, 6.07) is 24.7. The first kappa shape index (κ1) is 39.4. The Morgan fingerprint density at radius 1 is 0.879 bits per heavy atom. The number of ether oxygens (including phenoxy) is 5. The lowest BCUT2D eigenvalue weighted by Crippen LogP contribution is -2.69. The van der Waals surface area contributed by atoms with Gasteiger partial charge in [-0.2, -0.15) is 5.06 Å². The summed E-state index contributed by atoms with van der Waals surface area (Å²) in [5, 5.41) is 16.0. The summed E-state index contributed by atoms with van der Waals surface area (Å²) in [6.07, 6.45) is -1.96. The van der Waals surface area contributed by atoms with Crippen molar-refractivity contribution in [2.45, 2.75) is 75.6 Å². The molecule has 15 nitrogen and oxygen atoms in total. The second-order valence-corrected chi connectivity index (χ2v) is 15.8. The fourth-order valence-corrected chi connectivity index (χ4v) is 8.68. The van der Waals surface area contributed by atoms with Gasteiger partial charge < -0.3 is 39.4 Å². The lowest BCUT2D eigenvalue weighted by atomic mass is 9.62. The molecule has 7 atom stereocenters. The third-order valence-corrected chi connectivity index (χ3v) is 11.5. The fraction of sp³-hybridized carbons (Fsp3) is 0.419. The van der Waals surface area contributed by atoms with Crippen molar-refractivity contribution in [2.75, 3.05) is 26.3 Å². The smallest absolute Gasteiger partial charge is 0.348 e. The molecule has 304 valence electrons. The molecule has 4 saturated heterocycles. The lowest BCUT2D eigenvalue weighted by Gasteiger charge is -2.48. The van der Waals surface area contributed by atoms with E-state index in [0.717, 1.165) is 0 Å². The Balaban J connectivity index is 1.12. The molecule has 3 aromatic carbocycles. The predicted molar refractivity (Wildman–Crippen MR) is 202 cm³/mol. The first-order valence-corrected chi connectivity index (χ1v) is 19.4. The van der Waals surface area contributed by atoms with E-state index in [1.165, 1.54) is 11.1 Å². The van der Waals surface area contributed by atoms with Crippen molar-refractivity contribution in [3.05, 3.63) is 113 Å². The summed E-state index contributed by atoms with van der Waals surface area (Å²) < 4.78 is 30.6. The Morgan fingerprint density at radius 3 is 2.22 bits per heavy atom. The van der Waals surface area contributed by atoms with Crippen LogP contribution in [0, 0.1) is 10.8 Å². The zero-order valence-electron chi connectivity index (χ0n) is 32.0. The predicted octanol–water partition coefficient (Wildman–Crippen LogP) is 2.29. The van der Waals surface area contributed by atoms with Gasteiger partial charge in [0.2, 0.25) is 23.7 Å². The minimum Gasteiger partial charge on any atom is -0.462 e. The second-order valence-electron chi connectivity index (χ2n) is 15.8. The maximum absolute atomic E-state index is 14.7. The highest BCUT2D eigenvalue weighted by molar-refractivity contribution is 5.94. The molecule has 0 unspecified atom stereocenters. The number of amides is 2. The van der Waals surface area contributed by atoms with E-state index in [0.29, 0.717) is 22.3 Å². The van der Waals surface area contributed by atoms with Gasteiger partial charge >= 0.3 is 17.9 Å². The van der Waals surface area contributed by atoms with Crippen LogP contribution in [-0.2, 0) is 64.8 Å². The van der Waals surface area contributed by atoms with E-state index >= 15 is 0 Å². The number of cyclic esters (lactones) is 1. The van der Waals surface area contributed by atoms with Gasteiger partial charge in [-0.1, -0.05) is 98.8 Å². The molecule has 0 radical (unpaired) electrons. The van der Waals surface area contributed by atoms with Crippen LogP contribution in [-0.4, -0.2) is 103 Å². The van der Waals surface area contributed by atoms with Crippen LogP contribution in [0.4, 0.5) is 0 Å². The average molecular weight is 796 g/mol. The molecule has 1 saturated carbocycles. The lowest BCUT2D eigenvalue weighted by molar-refractivity contribution is -0.213. The van der Waals surface area contributed by atoms with Crippen LogP contribution in [0.5, 0.6) is 0 Å².